The van der Waals surface area contributed by atoms with Crippen LogP contribution in [0.25, 0.3) is 11.8 Å². The predicted molar refractivity (Wildman–Crippen MR) is 188 cm³/mol. The van der Waals surface area contributed by atoms with Crippen LogP contribution in [0.15, 0.2) is 93.9 Å². The lowest BCUT2D eigenvalue weighted by atomic mass is 9.95. The van der Waals surface area contributed by atoms with E-state index >= 15 is 0 Å². The average molecular weight is 687 g/mol. The number of thiazole rings is 1. The van der Waals surface area contributed by atoms with Gasteiger partial charge in [0.2, 0.25) is 0 Å². The Balaban J connectivity index is 1.34. The lowest BCUT2D eigenvalue weighted by Crippen LogP contribution is -2.39. The van der Waals surface area contributed by atoms with Gasteiger partial charge in [0.15, 0.2) is 4.80 Å². The molecule has 3 heterocycles. The zero-order valence-electron chi connectivity index (χ0n) is 26.6. The highest BCUT2D eigenvalue weighted by Gasteiger charge is 2.33. The smallest absolute Gasteiger partial charge is 0.338 e. The van der Waals surface area contributed by atoms with Gasteiger partial charge in [-0.25, -0.2) is 9.79 Å². The molecule has 10 heteroatoms. The Morgan fingerprint density at radius 1 is 0.979 bits per heavy atom. The van der Waals surface area contributed by atoms with Crippen LogP contribution in [-0.2, 0) is 16.1 Å². The largest absolute Gasteiger partial charge is 0.489 e. The third-order valence-corrected chi connectivity index (χ3v) is 9.74. The maximum Gasteiger partial charge on any atom is 0.338 e. The second-order valence-corrected chi connectivity index (χ2v) is 13.2. The van der Waals surface area contributed by atoms with Crippen molar-refractivity contribution in [2.24, 2.45) is 4.99 Å². The fourth-order valence-electron chi connectivity index (χ4n) is 5.82. The van der Waals surface area contributed by atoms with Gasteiger partial charge in [0.05, 0.1) is 28.5 Å². The number of allylic oxidation sites excluding steroid dienone is 1. The van der Waals surface area contributed by atoms with Crippen molar-refractivity contribution in [1.82, 2.24) is 9.13 Å². The maximum absolute atomic E-state index is 14.1. The molecule has 5 aromatic rings. The Labute approximate surface area is 286 Å². The van der Waals surface area contributed by atoms with Crippen LogP contribution < -0.4 is 19.6 Å². The quantitative estimate of drug-likeness (QED) is 0.160. The molecule has 0 bridgehead atoms. The minimum Gasteiger partial charge on any atom is -0.489 e. The average Bonchev–Trinajstić information content (AvgIpc) is 3.50. The summed E-state index contributed by atoms with van der Waals surface area (Å²) in [5, 5.41) is 1.14. The summed E-state index contributed by atoms with van der Waals surface area (Å²) < 4.78 is 15.7. The van der Waals surface area contributed by atoms with E-state index in [1.54, 1.807) is 30.5 Å². The molecule has 1 aliphatic heterocycles. The zero-order valence-corrected chi connectivity index (χ0v) is 29.0. The molecule has 0 N–H and O–H groups in total. The topological polar surface area (TPSA) is 74.8 Å². The SMILES string of the molecule is CCOC(=O)C1=C(C)N=c2s/c(=C\c3cc(C)n(-c4ccc(OCc5ccc(Cl)cc5Cl)cc4)c3C)c(=O)n2[C@H]1c1ccc(C)cc1. The van der Waals surface area contributed by atoms with Crippen LogP contribution in [-0.4, -0.2) is 21.7 Å². The van der Waals surface area contributed by atoms with Gasteiger partial charge >= 0.3 is 5.97 Å². The first-order valence-corrected chi connectivity index (χ1v) is 16.7. The summed E-state index contributed by atoms with van der Waals surface area (Å²) in [6, 6.07) is 22.5. The fourth-order valence-corrected chi connectivity index (χ4v) is 7.32. The number of hydrogen-bond acceptors (Lipinski definition) is 6. The van der Waals surface area contributed by atoms with E-state index in [1.807, 2.05) is 81.4 Å². The number of ether oxygens (including phenoxy) is 2. The van der Waals surface area contributed by atoms with E-state index in [0.29, 0.717) is 43.0 Å². The van der Waals surface area contributed by atoms with Gasteiger partial charge in [-0.1, -0.05) is 70.4 Å². The van der Waals surface area contributed by atoms with Crippen molar-refractivity contribution >= 4 is 46.6 Å². The number of carbonyl (C=O) groups is 1. The number of esters is 1. The van der Waals surface area contributed by atoms with E-state index in [9.17, 15) is 9.59 Å². The summed E-state index contributed by atoms with van der Waals surface area (Å²) in [6.45, 7) is 10.2. The van der Waals surface area contributed by atoms with E-state index in [4.69, 9.17) is 37.7 Å². The summed E-state index contributed by atoms with van der Waals surface area (Å²) in [4.78, 5) is 32.5. The number of carbonyl (C=O) groups excluding carboxylic acids is 1. The molecule has 1 aliphatic rings. The number of nitrogens with zero attached hydrogens (tertiary/aromatic N) is 3. The molecule has 0 amide bonds. The van der Waals surface area contributed by atoms with Crippen molar-refractivity contribution in [2.45, 2.75) is 47.3 Å². The Bertz CT molecular complexity index is 2210. The van der Waals surface area contributed by atoms with Crippen LogP contribution in [0.1, 0.15) is 53.5 Å². The van der Waals surface area contributed by atoms with Crippen molar-refractivity contribution in [1.29, 1.82) is 0 Å². The minimum absolute atomic E-state index is 0.208. The minimum atomic E-state index is -0.642. The van der Waals surface area contributed by atoms with E-state index in [1.165, 1.54) is 11.3 Å². The summed E-state index contributed by atoms with van der Waals surface area (Å²) >= 11 is 13.6. The molecule has 240 valence electrons. The molecule has 0 spiro atoms. The molecule has 47 heavy (non-hydrogen) atoms. The van der Waals surface area contributed by atoms with Crippen LogP contribution in [0.3, 0.4) is 0 Å². The molecule has 0 radical (unpaired) electrons. The van der Waals surface area contributed by atoms with Crippen molar-refractivity contribution in [3.63, 3.8) is 0 Å². The van der Waals surface area contributed by atoms with E-state index in [2.05, 4.69) is 10.6 Å². The molecular weight excluding hydrogens is 653 g/mol. The number of fused-ring (bicyclic) bond motifs is 1. The van der Waals surface area contributed by atoms with Gasteiger partial charge < -0.3 is 14.0 Å². The second-order valence-electron chi connectivity index (χ2n) is 11.4. The molecule has 0 saturated carbocycles. The van der Waals surface area contributed by atoms with Crippen LogP contribution in [0, 0.1) is 20.8 Å². The van der Waals surface area contributed by atoms with E-state index in [0.717, 1.165) is 39.3 Å². The third kappa shape index (κ3) is 6.46. The zero-order chi connectivity index (χ0) is 33.4. The highest BCUT2D eigenvalue weighted by atomic mass is 35.5. The Morgan fingerprint density at radius 3 is 2.38 bits per heavy atom. The number of halogens is 2. The maximum atomic E-state index is 14.1. The van der Waals surface area contributed by atoms with Crippen molar-refractivity contribution in [2.75, 3.05) is 6.61 Å². The summed E-state index contributed by atoms with van der Waals surface area (Å²) in [6.07, 6.45) is 1.91. The molecule has 7 nitrogen and oxygen atoms in total. The number of aromatic nitrogens is 2. The number of aryl methyl sites for hydroxylation is 2. The molecular formula is C37H33Cl2N3O4S. The molecule has 0 aliphatic carbocycles. The predicted octanol–water partition coefficient (Wildman–Crippen LogP) is 7.40. The highest BCUT2D eigenvalue weighted by Crippen LogP contribution is 2.31. The van der Waals surface area contributed by atoms with Gasteiger partial charge in [-0.05, 0) is 94.3 Å². The van der Waals surface area contributed by atoms with Gasteiger partial charge in [0.25, 0.3) is 5.56 Å². The van der Waals surface area contributed by atoms with Gasteiger partial charge in [-0.2, -0.15) is 0 Å². The van der Waals surface area contributed by atoms with Gasteiger partial charge in [0.1, 0.15) is 12.4 Å². The van der Waals surface area contributed by atoms with E-state index in [-0.39, 0.29) is 12.2 Å². The van der Waals surface area contributed by atoms with Crippen molar-refractivity contribution in [3.05, 3.63) is 147 Å². The summed E-state index contributed by atoms with van der Waals surface area (Å²) in [5.41, 5.74) is 7.34. The number of benzene rings is 3. The molecule has 3 aromatic carbocycles. The van der Waals surface area contributed by atoms with Gasteiger partial charge in [0, 0.05) is 32.7 Å². The fraction of sp³-hybridized carbons (Fsp3) is 0.216. The Kier molecular flexibility index (Phi) is 9.28. The van der Waals surface area contributed by atoms with Crippen molar-refractivity contribution in [3.8, 4) is 11.4 Å². The third-order valence-electron chi connectivity index (χ3n) is 8.17. The first-order valence-electron chi connectivity index (χ1n) is 15.2. The lowest BCUT2D eigenvalue weighted by molar-refractivity contribution is -0.139. The second kappa shape index (κ2) is 13.4. The van der Waals surface area contributed by atoms with Crippen LogP contribution in [0.2, 0.25) is 10.0 Å². The Morgan fingerprint density at radius 2 is 1.70 bits per heavy atom. The molecule has 0 fully saturated rings. The molecule has 0 unspecified atom stereocenters. The number of rotatable bonds is 8. The summed E-state index contributed by atoms with van der Waals surface area (Å²) in [5.74, 6) is 0.242. The first-order chi connectivity index (χ1) is 22.5. The van der Waals surface area contributed by atoms with Crippen molar-refractivity contribution < 1.29 is 14.3 Å². The highest BCUT2D eigenvalue weighted by molar-refractivity contribution is 7.07. The van der Waals surface area contributed by atoms with E-state index < -0.39 is 12.0 Å². The molecule has 1 atom stereocenters. The molecule has 6 rings (SSSR count). The number of hydrogen-bond donors (Lipinski definition) is 0. The normalized spacial score (nSPS) is 14.6. The molecule has 2 aromatic heterocycles. The lowest BCUT2D eigenvalue weighted by Gasteiger charge is -2.24. The monoisotopic (exact) mass is 685 g/mol. The van der Waals surface area contributed by atoms with Gasteiger partial charge in [-0.15, -0.1) is 0 Å². The van der Waals surface area contributed by atoms with Crippen LogP contribution in [0.5, 0.6) is 5.75 Å². The van der Waals surface area contributed by atoms with Crippen LogP contribution >= 0.6 is 34.5 Å². The summed E-state index contributed by atoms with van der Waals surface area (Å²) in [7, 11) is 0. The Hall–Kier alpha value is -4.37. The molecule has 0 saturated heterocycles. The first kappa shape index (κ1) is 32.6. The standard InChI is InChI=1S/C37H33Cl2N3O4S/c1-6-45-36(44)33-23(4)40-37-42(34(33)25-9-7-21(2)8-10-25)35(43)32(47-37)18-27-17-22(3)41(24(27)5)29-13-15-30(16-14-29)46-20-26-11-12-28(38)19-31(26)39/h7-19,34H,6,20H2,1-5H3/b32-18-/t34-/m0/s1. The van der Waals surface area contributed by atoms with Crippen LogP contribution in [0.4, 0.5) is 0 Å². The van der Waals surface area contributed by atoms with Gasteiger partial charge in [-0.3, -0.25) is 9.36 Å².